The maximum Gasteiger partial charge on any atom is 0.0549 e. The van der Waals surface area contributed by atoms with Gasteiger partial charge in [-0.15, -0.1) is 0 Å². The Kier molecular flexibility index (Phi) is 4.63. The molecule has 0 aromatic heterocycles. The molecule has 0 aliphatic rings. The predicted molar refractivity (Wildman–Crippen MR) is 59.0 cm³/mol. The molecule has 0 bridgehead atoms. The van der Waals surface area contributed by atoms with Crippen LogP contribution in [0.3, 0.4) is 0 Å². The quantitative estimate of drug-likeness (QED) is 0.747. The Balaban J connectivity index is 2.22. The van der Waals surface area contributed by atoms with Crippen molar-refractivity contribution in [1.29, 1.82) is 0 Å². The third-order valence-corrected chi connectivity index (χ3v) is 2.46. The lowest BCUT2D eigenvalue weighted by Gasteiger charge is -2.15. The van der Waals surface area contributed by atoms with E-state index in [0.717, 1.165) is 13.1 Å². The predicted octanol–water partition coefficient (Wildman–Crippen LogP) is 1.79. The largest absolute Gasteiger partial charge is 0.393 e. The monoisotopic (exact) mass is 193 g/mol. The number of aliphatic hydroxyl groups excluding tert-OH is 1. The van der Waals surface area contributed by atoms with Gasteiger partial charge in [-0.1, -0.05) is 37.3 Å². The Labute approximate surface area is 86.0 Å². The van der Waals surface area contributed by atoms with Crippen LogP contribution in [0.15, 0.2) is 30.3 Å². The van der Waals surface area contributed by atoms with E-state index >= 15 is 0 Å². The summed E-state index contributed by atoms with van der Waals surface area (Å²) in [5.74, 6) is 0.304. The van der Waals surface area contributed by atoms with Crippen LogP contribution in [0.5, 0.6) is 0 Å². The molecule has 1 aromatic rings. The first-order valence-electron chi connectivity index (χ1n) is 5.13. The molecule has 14 heavy (non-hydrogen) atoms. The van der Waals surface area contributed by atoms with Crippen LogP contribution in [0.4, 0.5) is 0 Å². The fourth-order valence-electron chi connectivity index (χ4n) is 1.21. The lowest BCUT2D eigenvalue weighted by atomic mass is 10.1. The molecule has 78 valence electrons. The summed E-state index contributed by atoms with van der Waals surface area (Å²) >= 11 is 0. The minimum atomic E-state index is -0.238. The van der Waals surface area contributed by atoms with Crippen LogP contribution in [0.1, 0.15) is 19.4 Å². The number of aliphatic hydroxyl groups is 1. The van der Waals surface area contributed by atoms with Crippen LogP contribution >= 0.6 is 0 Å². The number of nitrogens with one attached hydrogen (secondary N) is 1. The van der Waals surface area contributed by atoms with Crippen molar-refractivity contribution in [1.82, 2.24) is 5.32 Å². The molecule has 2 N–H and O–H groups in total. The van der Waals surface area contributed by atoms with Gasteiger partial charge in [-0.3, -0.25) is 0 Å². The molecule has 0 saturated carbocycles. The SMILES string of the molecule is C[C@@H](O)[C@@H](C)CNCc1ccccc1. The number of hydrogen-bond acceptors (Lipinski definition) is 2. The van der Waals surface area contributed by atoms with Gasteiger partial charge in [-0.25, -0.2) is 0 Å². The molecule has 0 saturated heterocycles. The maximum atomic E-state index is 9.28. The molecule has 0 aliphatic carbocycles. The van der Waals surface area contributed by atoms with Gasteiger partial charge in [0.25, 0.3) is 0 Å². The van der Waals surface area contributed by atoms with Gasteiger partial charge in [0.05, 0.1) is 6.10 Å². The molecule has 0 amide bonds. The lowest BCUT2D eigenvalue weighted by molar-refractivity contribution is 0.134. The molecule has 0 fully saturated rings. The van der Waals surface area contributed by atoms with E-state index in [0.29, 0.717) is 5.92 Å². The first-order chi connectivity index (χ1) is 6.70. The molecule has 0 spiro atoms. The van der Waals surface area contributed by atoms with Gasteiger partial charge < -0.3 is 10.4 Å². The zero-order valence-corrected chi connectivity index (χ0v) is 8.90. The van der Waals surface area contributed by atoms with Gasteiger partial charge in [0.1, 0.15) is 0 Å². The Morgan fingerprint density at radius 1 is 1.21 bits per heavy atom. The van der Waals surface area contributed by atoms with E-state index in [1.54, 1.807) is 0 Å². The van der Waals surface area contributed by atoms with Crippen molar-refractivity contribution in [3.05, 3.63) is 35.9 Å². The maximum absolute atomic E-state index is 9.28. The van der Waals surface area contributed by atoms with Crippen molar-refractivity contribution in [2.24, 2.45) is 5.92 Å². The molecule has 2 atom stereocenters. The topological polar surface area (TPSA) is 32.3 Å². The summed E-state index contributed by atoms with van der Waals surface area (Å²) in [5, 5.41) is 12.6. The molecule has 0 heterocycles. The summed E-state index contributed by atoms with van der Waals surface area (Å²) < 4.78 is 0. The highest BCUT2D eigenvalue weighted by Crippen LogP contribution is 2.01. The van der Waals surface area contributed by atoms with E-state index in [2.05, 4.69) is 17.4 Å². The smallest absolute Gasteiger partial charge is 0.0549 e. The fraction of sp³-hybridized carbons (Fsp3) is 0.500. The van der Waals surface area contributed by atoms with Crippen LogP contribution in [-0.2, 0) is 6.54 Å². The Morgan fingerprint density at radius 2 is 1.86 bits per heavy atom. The first-order valence-corrected chi connectivity index (χ1v) is 5.13. The van der Waals surface area contributed by atoms with Crippen molar-refractivity contribution in [2.45, 2.75) is 26.5 Å². The molecule has 0 aliphatic heterocycles. The van der Waals surface area contributed by atoms with E-state index in [1.807, 2.05) is 32.0 Å². The zero-order valence-electron chi connectivity index (χ0n) is 8.90. The minimum Gasteiger partial charge on any atom is -0.393 e. The van der Waals surface area contributed by atoms with Gasteiger partial charge in [0.15, 0.2) is 0 Å². The summed E-state index contributed by atoms with van der Waals surface area (Å²) in [6.07, 6.45) is -0.238. The highest BCUT2D eigenvalue weighted by molar-refractivity contribution is 5.14. The van der Waals surface area contributed by atoms with Gasteiger partial charge >= 0.3 is 0 Å². The van der Waals surface area contributed by atoms with Crippen LogP contribution in [0, 0.1) is 5.92 Å². The van der Waals surface area contributed by atoms with E-state index < -0.39 is 0 Å². The minimum absolute atomic E-state index is 0.238. The van der Waals surface area contributed by atoms with Gasteiger partial charge in [0.2, 0.25) is 0 Å². The highest BCUT2D eigenvalue weighted by atomic mass is 16.3. The number of rotatable bonds is 5. The van der Waals surface area contributed by atoms with E-state index in [9.17, 15) is 5.11 Å². The van der Waals surface area contributed by atoms with Crippen molar-refractivity contribution < 1.29 is 5.11 Å². The van der Waals surface area contributed by atoms with E-state index in [-0.39, 0.29) is 6.10 Å². The van der Waals surface area contributed by atoms with Gasteiger partial charge in [0, 0.05) is 13.1 Å². The van der Waals surface area contributed by atoms with E-state index in [4.69, 9.17) is 0 Å². The van der Waals surface area contributed by atoms with Crippen LogP contribution in [0.2, 0.25) is 0 Å². The Hall–Kier alpha value is -0.860. The summed E-state index contributed by atoms with van der Waals surface area (Å²) in [6, 6.07) is 10.3. The van der Waals surface area contributed by atoms with Gasteiger partial charge in [-0.05, 0) is 18.4 Å². The number of hydrogen-bond donors (Lipinski definition) is 2. The summed E-state index contributed by atoms with van der Waals surface area (Å²) in [4.78, 5) is 0. The van der Waals surface area contributed by atoms with Crippen molar-refractivity contribution in [3.63, 3.8) is 0 Å². The van der Waals surface area contributed by atoms with Crippen molar-refractivity contribution in [3.8, 4) is 0 Å². The van der Waals surface area contributed by atoms with E-state index in [1.165, 1.54) is 5.56 Å². The van der Waals surface area contributed by atoms with Crippen molar-refractivity contribution in [2.75, 3.05) is 6.54 Å². The molecular formula is C12H19NO. The third-order valence-electron chi connectivity index (χ3n) is 2.46. The zero-order chi connectivity index (χ0) is 10.4. The van der Waals surface area contributed by atoms with Crippen LogP contribution < -0.4 is 5.32 Å². The molecule has 1 rings (SSSR count). The third kappa shape index (κ3) is 3.90. The second-order valence-corrected chi connectivity index (χ2v) is 3.83. The normalized spacial score (nSPS) is 15.1. The molecule has 0 radical (unpaired) electrons. The molecule has 1 aromatic carbocycles. The standard InChI is InChI=1S/C12H19NO/c1-10(11(2)14)8-13-9-12-6-4-3-5-7-12/h3-7,10-11,13-14H,8-9H2,1-2H3/t10-,11+/m0/s1. The molecule has 2 heteroatoms. The second kappa shape index (κ2) is 5.78. The Bertz CT molecular complexity index is 246. The highest BCUT2D eigenvalue weighted by Gasteiger charge is 2.07. The Morgan fingerprint density at radius 3 is 2.43 bits per heavy atom. The van der Waals surface area contributed by atoms with Crippen LogP contribution in [0.25, 0.3) is 0 Å². The molecule has 2 nitrogen and oxygen atoms in total. The second-order valence-electron chi connectivity index (χ2n) is 3.83. The molecule has 0 unspecified atom stereocenters. The van der Waals surface area contributed by atoms with Gasteiger partial charge in [-0.2, -0.15) is 0 Å². The van der Waals surface area contributed by atoms with Crippen LogP contribution in [-0.4, -0.2) is 17.8 Å². The number of benzene rings is 1. The summed E-state index contributed by atoms with van der Waals surface area (Å²) in [6.45, 7) is 5.60. The lowest BCUT2D eigenvalue weighted by Crippen LogP contribution is -2.27. The first kappa shape index (κ1) is 11.2. The average Bonchev–Trinajstić information content (AvgIpc) is 2.19. The average molecular weight is 193 g/mol. The van der Waals surface area contributed by atoms with Crippen molar-refractivity contribution >= 4 is 0 Å². The fourth-order valence-corrected chi connectivity index (χ4v) is 1.21. The summed E-state index contributed by atoms with van der Waals surface area (Å²) in [7, 11) is 0. The summed E-state index contributed by atoms with van der Waals surface area (Å²) in [5.41, 5.74) is 1.28. The molecular weight excluding hydrogens is 174 g/mol.